The number of nitrogen functional groups attached to an aromatic ring is 1. The van der Waals surface area contributed by atoms with Gasteiger partial charge in [0, 0.05) is 31.1 Å². The molecule has 130 valence electrons. The maximum atomic E-state index is 12.4. The van der Waals surface area contributed by atoms with E-state index in [1.807, 2.05) is 23.1 Å². The van der Waals surface area contributed by atoms with Gasteiger partial charge in [0.25, 0.3) is 0 Å². The Kier molecular flexibility index (Phi) is 8.12. The summed E-state index contributed by atoms with van der Waals surface area (Å²) < 4.78 is 5.55. The van der Waals surface area contributed by atoms with Crippen molar-refractivity contribution in [1.82, 2.24) is 5.32 Å². The van der Waals surface area contributed by atoms with Crippen molar-refractivity contribution in [3.05, 3.63) is 23.8 Å². The average Bonchev–Trinajstić information content (AvgIpc) is 3.00. The molecule has 23 heavy (non-hydrogen) atoms. The molecule has 0 aliphatic carbocycles. The number of ether oxygens (including phenoxy) is 1. The lowest BCUT2D eigenvalue weighted by Gasteiger charge is -2.30. The summed E-state index contributed by atoms with van der Waals surface area (Å²) in [6, 6.07) is 5.81. The van der Waals surface area contributed by atoms with Crippen LogP contribution in [0.15, 0.2) is 18.2 Å². The molecule has 2 aliphatic heterocycles. The number of hydrogen-bond donors (Lipinski definition) is 2. The predicted molar refractivity (Wildman–Crippen MR) is 97.9 cm³/mol. The molecule has 1 unspecified atom stereocenters. The number of rotatable bonds is 4. The van der Waals surface area contributed by atoms with Crippen LogP contribution in [-0.4, -0.2) is 38.3 Å². The number of nitrogens with zero attached hydrogens (tertiary/aromatic N) is 1. The lowest BCUT2D eigenvalue weighted by Crippen LogP contribution is -2.42. The highest BCUT2D eigenvalue weighted by atomic mass is 35.5. The zero-order valence-electron chi connectivity index (χ0n) is 13.1. The van der Waals surface area contributed by atoms with E-state index in [9.17, 15) is 4.79 Å². The maximum Gasteiger partial charge on any atom is 0.240 e. The molecule has 2 heterocycles. The molecule has 7 heteroatoms. The third-order valence-corrected chi connectivity index (χ3v) is 4.26. The molecular formula is C16H25Cl2N3O2. The topological polar surface area (TPSA) is 67.6 Å². The van der Waals surface area contributed by atoms with Gasteiger partial charge >= 0.3 is 0 Å². The largest absolute Gasteiger partial charge is 0.398 e. The number of carbonyl (C=O) groups excluding carboxylic acids is 1. The van der Waals surface area contributed by atoms with Crippen LogP contribution in [0, 0.1) is 0 Å². The molecule has 1 amide bonds. The van der Waals surface area contributed by atoms with Crippen molar-refractivity contribution in [2.45, 2.75) is 31.8 Å². The van der Waals surface area contributed by atoms with Crippen molar-refractivity contribution in [2.24, 2.45) is 0 Å². The normalized spacial score (nSPS) is 19.5. The van der Waals surface area contributed by atoms with E-state index in [1.54, 1.807) is 0 Å². The zero-order chi connectivity index (χ0) is 14.7. The minimum Gasteiger partial charge on any atom is -0.398 e. The van der Waals surface area contributed by atoms with Crippen molar-refractivity contribution < 1.29 is 9.53 Å². The van der Waals surface area contributed by atoms with Crippen LogP contribution in [-0.2, 0) is 16.0 Å². The Hall–Kier alpha value is -1.01. The van der Waals surface area contributed by atoms with Crippen molar-refractivity contribution in [2.75, 3.05) is 36.9 Å². The van der Waals surface area contributed by atoms with Crippen molar-refractivity contribution in [3.8, 4) is 0 Å². The number of carbonyl (C=O) groups is 1. The highest BCUT2D eigenvalue weighted by Crippen LogP contribution is 2.31. The van der Waals surface area contributed by atoms with Crippen molar-refractivity contribution in [3.63, 3.8) is 0 Å². The van der Waals surface area contributed by atoms with Gasteiger partial charge in [-0.25, -0.2) is 0 Å². The van der Waals surface area contributed by atoms with Crippen LogP contribution in [0.5, 0.6) is 0 Å². The van der Waals surface area contributed by atoms with Crippen molar-refractivity contribution >= 4 is 42.1 Å². The van der Waals surface area contributed by atoms with Crippen LogP contribution in [0.1, 0.15) is 24.8 Å². The predicted octanol–water partition coefficient (Wildman–Crippen LogP) is 2.16. The minimum atomic E-state index is 0. The second kappa shape index (κ2) is 9.33. The summed E-state index contributed by atoms with van der Waals surface area (Å²) in [5.74, 6) is 0.111. The third kappa shape index (κ3) is 4.73. The molecule has 3 N–H and O–H groups in total. The monoisotopic (exact) mass is 361 g/mol. The van der Waals surface area contributed by atoms with E-state index >= 15 is 0 Å². The maximum absolute atomic E-state index is 12.4. The number of amides is 1. The van der Waals surface area contributed by atoms with E-state index in [2.05, 4.69) is 5.32 Å². The van der Waals surface area contributed by atoms with E-state index in [0.29, 0.717) is 6.54 Å². The molecule has 1 aromatic carbocycles. The number of benzene rings is 1. The van der Waals surface area contributed by atoms with Crippen LogP contribution < -0.4 is 16.0 Å². The van der Waals surface area contributed by atoms with Gasteiger partial charge in [-0.1, -0.05) is 6.07 Å². The molecule has 0 spiro atoms. The number of nitrogens with one attached hydrogen (secondary N) is 1. The molecule has 1 aromatic rings. The number of fused-ring (bicyclic) bond motifs is 1. The second-order valence-corrected chi connectivity index (χ2v) is 5.76. The van der Waals surface area contributed by atoms with Gasteiger partial charge in [0.2, 0.25) is 5.91 Å². The van der Waals surface area contributed by atoms with E-state index in [-0.39, 0.29) is 36.8 Å². The fraction of sp³-hybridized carbons (Fsp3) is 0.562. The number of anilines is 2. The summed E-state index contributed by atoms with van der Waals surface area (Å²) in [5.41, 5.74) is 8.89. The molecule has 2 aliphatic rings. The first kappa shape index (κ1) is 20.0. The van der Waals surface area contributed by atoms with Crippen molar-refractivity contribution in [1.29, 1.82) is 0 Å². The Labute approximate surface area is 149 Å². The third-order valence-electron chi connectivity index (χ3n) is 4.26. The molecule has 0 aromatic heterocycles. The summed E-state index contributed by atoms with van der Waals surface area (Å²) in [7, 11) is 0. The summed E-state index contributed by atoms with van der Waals surface area (Å²) in [6.45, 7) is 2.73. The quantitative estimate of drug-likeness (QED) is 0.806. The lowest BCUT2D eigenvalue weighted by molar-refractivity contribution is -0.117. The van der Waals surface area contributed by atoms with Crippen LogP contribution in [0.4, 0.5) is 11.4 Å². The average molecular weight is 362 g/mol. The van der Waals surface area contributed by atoms with Gasteiger partial charge < -0.3 is 20.7 Å². The zero-order valence-corrected chi connectivity index (χ0v) is 14.8. The van der Waals surface area contributed by atoms with Gasteiger partial charge in [0.05, 0.1) is 12.6 Å². The molecule has 3 rings (SSSR count). The van der Waals surface area contributed by atoms with Gasteiger partial charge in [-0.2, -0.15) is 0 Å². The van der Waals surface area contributed by atoms with Crippen LogP contribution in [0.2, 0.25) is 0 Å². The van der Waals surface area contributed by atoms with Gasteiger partial charge in [-0.15, -0.1) is 24.8 Å². The standard InChI is InChI=1S/C16H23N3O2.2ClH/c17-14-6-1-7-15-13(14)5-2-8-19(15)16(20)11-18-10-12-4-3-9-21-12;;/h1,6-7,12,18H,2-5,8-11,17H2;2*1H. The van der Waals surface area contributed by atoms with Crippen LogP contribution in [0.25, 0.3) is 0 Å². The molecule has 1 atom stereocenters. The fourth-order valence-corrected chi connectivity index (χ4v) is 3.15. The minimum absolute atomic E-state index is 0. The first-order valence-corrected chi connectivity index (χ1v) is 7.76. The SMILES string of the molecule is Cl.Cl.Nc1cccc2c1CCCN2C(=O)CNCC1CCCO1. The highest BCUT2D eigenvalue weighted by Gasteiger charge is 2.23. The van der Waals surface area contributed by atoms with Gasteiger partial charge in [-0.3, -0.25) is 4.79 Å². The van der Waals surface area contributed by atoms with E-state index in [0.717, 1.165) is 62.3 Å². The Bertz CT molecular complexity index is 522. The molecule has 0 saturated carbocycles. The smallest absolute Gasteiger partial charge is 0.240 e. The second-order valence-electron chi connectivity index (χ2n) is 5.76. The Balaban J connectivity index is 0.00000132. The van der Waals surface area contributed by atoms with E-state index in [1.165, 1.54) is 0 Å². The highest BCUT2D eigenvalue weighted by molar-refractivity contribution is 5.96. The Morgan fingerprint density at radius 3 is 2.91 bits per heavy atom. The van der Waals surface area contributed by atoms with Gasteiger partial charge in [0.1, 0.15) is 0 Å². The molecule has 0 bridgehead atoms. The number of halogens is 2. The van der Waals surface area contributed by atoms with E-state index < -0.39 is 0 Å². The van der Waals surface area contributed by atoms with Gasteiger partial charge in [-0.05, 0) is 43.4 Å². The van der Waals surface area contributed by atoms with Crippen LogP contribution in [0.3, 0.4) is 0 Å². The first-order valence-electron chi connectivity index (χ1n) is 7.76. The van der Waals surface area contributed by atoms with Gasteiger partial charge in [0.15, 0.2) is 0 Å². The Morgan fingerprint density at radius 1 is 1.35 bits per heavy atom. The summed E-state index contributed by atoms with van der Waals surface area (Å²) >= 11 is 0. The van der Waals surface area contributed by atoms with E-state index in [4.69, 9.17) is 10.5 Å². The summed E-state index contributed by atoms with van der Waals surface area (Å²) in [4.78, 5) is 14.3. The molecule has 1 saturated heterocycles. The number of nitrogens with two attached hydrogens (primary N) is 1. The summed E-state index contributed by atoms with van der Waals surface area (Å²) in [6.07, 6.45) is 4.40. The molecule has 0 radical (unpaired) electrons. The molecular weight excluding hydrogens is 337 g/mol. The summed E-state index contributed by atoms with van der Waals surface area (Å²) in [5, 5.41) is 3.22. The number of hydrogen-bond acceptors (Lipinski definition) is 4. The fourth-order valence-electron chi connectivity index (χ4n) is 3.15. The Morgan fingerprint density at radius 2 is 2.17 bits per heavy atom. The lowest BCUT2D eigenvalue weighted by atomic mass is 10.00. The molecule has 1 fully saturated rings. The molecule has 5 nitrogen and oxygen atoms in total. The van der Waals surface area contributed by atoms with Crippen LogP contribution >= 0.6 is 24.8 Å². The first-order chi connectivity index (χ1) is 10.3.